The van der Waals surface area contributed by atoms with Crippen LogP contribution in [-0.2, 0) is 6.42 Å². The van der Waals surface area contributed by atoms with E-state index in [1.807, 2.05) is 12.1 Å². The van der Waals surface area contributed by atoms with Crippen molar-refractivity contribution in [2.24, 2.45) is 0 Å². The highest BCUT2D eigenvalue weighted by molar-refractivity contribution is 5.60. The third-order valence-electron chi connectivity index (χ3n) is 2.46. The van der Waals surface area contributed by atoms with Crippen LogP contribution in [0.3, 0.4) is 0 Å². The number of pyridine rings is 1. The van der Waals surface area contributed by atoms with Crippen LogP contribution in [0.5, 0.6) is 0 Å². The summed E-state index contributed by atoms with van der Waals surface area (Å²) in [6.07, 6.45) is 4.51. The molecule has 0 amide bonds. The van der Waals surface area contributed by atoms with Crippen LogP contribution < -0.4 is 5.32 Å². The molecule has 17 heavy (non-hydrogen) atoms. The smallest absolute Gasteiger partial charge is 0.0699 e. The van der Waals surface area contributed by atoms with E-state index in [1.54, 1.807) is 12.2 Å². The van der Waals surface area contributed by atoms with Crippen LogP contribution in [0, 0.1) is 0 Å². The molecule has 0 atom stereocenters. The summed E-state index contributed by atoms with van der Waals surface area (Å²) >= 11 is 0. The molecule has 2 heteroatoms. The standard InChI is InChI=1S/C15H22N2/c1-6-12-8-9-13(17-14(12)7-2)10-11-16-15(3,4)5/h6-9,16H,1-2,10-11H2,3-5H3. The molecule has 1 aromatic heterocycles. The van der Waals surface area contributed by atoms with Gasteiger partial charge in [0.15, 0.2) is 0 Å². The Morgan fingerprint density at radius 3 is 2.47 bits per heavy atom. The molecule has 0 fully saturated rings. The second-order valence-corrected chi connectivity index (χ2v) is 5.11. The van der Waals surface area contributed by atoms with Crippen LogP contribution in [0.1, 0.15) is 37.7 Å². The highest BCUT2D eigenvalue weighted by atomic mass is 14.9. The summed E-state index contributed by atoms with van der Waals surface area (Å²) in [5.41, 5.74) is 3.19. The molecule has 0 saturated carbocycles. The van der Waals surface area contributed by atoms with Crippen molar-refractivity contribution in [3.8, 4) is 0 Å². The monoisotopic (exact) mass is 230 g/mol. The zero-order chi connectivity index (χ0) is 12.9. The largest absolute Gasteiger partial charge is 0.312 e. The van der Waals surface area contributed by atoms with E-state index in [0.29, 0.717) is 0 Å². The Morgan fingerprint density at radius 2 is 1.94 bits per heavy atom. The van der Waals surface area contributed by atoms with E-state index in [1.165, 1.54) is 0 Å². The van der Waals surface area contributed by atoms with Crippen molar-refractivity contribution in [1.82, 2.24) is 10.3 Å². The molecule has 0 saturated heterocycles. The molecular formula is C15H22N2. The highest BCUT2D eigenvalue weighted by Gasteiger charge is 2.08. The summed E-state index contributed by atoms with van der Waals surface area (Å²) in [6, 6.07) is 4.10. The Bertz CT molecular complexity index is 400. The van der Waals surface area contributed by atoms with Crippen LogP contribution in [0.15, 0.2) is 25.3 Å². The Balaban J connectivity index is 2.67. The zero-order valence-corrected chi connectivity index (χ0v) is 11.1. The van der Waals surface area contributed by atoms with Gasteiger partial charge in [0.25, 0.3) is 0 Å². The Morgan fingerprint density at radius 1 is 1.24 bits per heavy atom. The molecule has 1 rings (SSSR count). The Kier molecular flexibility index (Phi) is 4.64. The minimum atomic E-state index is 0.155. The first-order valence-electron chi connectivity index (χ1n) is 5.96. The molecule has 0 spiro atoms. The topological polar surface area (TPSA) is 24.9 Å². The van der Waals surface area contributed by atoms with E-state index in [-0.39, 0.29) is 5.54 Å². The lowest BCUT2D eigenvalue weighted by Gasteiger charge is -2.20. The van der Waals surface area contributed by atoms with Crippen LogP contribution in [-0.4, -0.2) is 17.1 Å². The zero-order valence-electron chi connectivity index (χ0n) is 11.1. The van der Waals surface area contributed by atoms with Gasteiger partial charge in [0.2, 0.25) is 0 Å². The molecule has 0 aromatic carbocycles. The molecular weight excluding hydrogens is 208 g/mol. The maximum absolute atomic E-state index is 4.55. The lowest BCUT2D eigenvalue weighted by atomic mass is 10.1. The summed E-state index contributed by atoms with van der Waals surface area (Å²) in [6.45, 7) is 15.0. The Hall–Kier alpha value is -1.41. The lowest BCUT2D eigenvalue weighted by Crippen LogP contribution is -2.37. The quantitative estimate of drug-likeness (QED) is 0.839. The molecule has 0 aliphatic carbocycles. The number of nitrogens with zero attached hydrogens (tertiary/aromatic N) is 1. The van der Waals surface area contributed by atoms with E-state index in [0.717, 1.165) is 29.9 Å². The van der Waals surface area contributed by atoms with Gasteiger partial charge >= 0.3 is 0 Å². The maximum atomic E-state index is 4.55. The van der Waals surface area contributed by atoms with Crippen molar-refractivity contribution >= 4 is 12.2 Å². The SMILES string of the molecule is C=Cc1ccc(CCNC(C)(C)C)nc1C=C. The number of nitrogens with one attached hydrogen (secondary N) is 1. The van der Waals surface area contributed by atoms with Crippen LogP contribution in [0.2, 0.25) is 0 Å². The van der Waals surface area contributed by atoms with Crippen LogP contribution in [0.25, 0.3) is 12.2 Å². The van der Waals surface area contributed by atoms with Crippen molar-refractivity contribution in [1.29, 1.82) is 0 Å². The first-order valence-corrected chi connectivity index (χ1v) is 5.96. The lowest BCUT2D eigenvalue weighted by molar-refractivity contribution is 0.428. The van der Waals surface area contributed by atoms with E-state index in [9.17, 15) is 0 Å². The number of aromatic nitrogens is 1. The fourth-order valence-electron chi connectivity index (χ4n) is 1.57. The predicted octanol–water partition coefficient (Wildman–Crippen LogP) is 3.30. The fraction of sp³-hybridized carbons (Fsp3) is 0.400. The van der Waals surface area contributed by atoms with E-state index in [2.05, 4.69) is 44.2 Å². The fourth-order valence-corrected chi connectivity index (χ4v) is 1.57. The molecule has 0 radical (unpaired) electrons. The van der Waals surface area contributed by atoms with Crippen molar-refractivity contribution in [2.45, 2.75) is 32.7 Å². The highest BCUT2D eigenvalue weighted by Crippen LogP contribution is 2.11. The van der Waals surface area contributed by atoms with Crippen molar-refractivity contribution in [2.75, 3.05) is 6.54 Å². The molecule has 0 aliphatic rings. The van der Waals surface area contributed by atoms with E-state index >= 15 is 0 Å². The Labute approximate surface area is 104 Å². The van der Waals surface area contributed by atoms with Gasteiger partial charge in [0, 0.05) is 24.2 Å². The summed E-state index contributed by atoms with van der Waals surface area (Å²) in [5.74, 6) is 0. The number of hydrogen-bond donors (Lipinski definition) is 1. The van der Waals surface area contributed by atoms with Crippen LogP contribution >= 0.6 is 0 Å². The maximum Gasteiger partial charge on any atom is 0.0699 e. The predicted molar refractivity (Wildman–Crippen MR) is 75.9 cm³/mol. The molecule has 2 nitrogen and oxygen atoms in total. The number of rotatable bonds is 5. The van der Waals surface area contributed by atoms with Gasteiger partial charge in [-0.3, -0.25) is 4.98 Å². The molecule has 0 unspecified atom stereocenters. The van der Waals surface area contributed by atoms with Gasteiger partial charge in [0.05, 0.1) is 5.69 Å². The molecule has 0 bridgehead atoms. The molecule has 1 N–H and O–H groups in total. The first kappa shape index (κ1) is 13.7. The van der Waals surface area contributed by atoms with Gasteiger partial charge in [-0.15, -0.1) is 0 Å². The van der Waals surface area contributed by atoms with E-state index in [4.69, 9.17) is 0 Å². The molecule has 1 heterocycles. The van der Waals surface area contributed by atoms with Gasteiger partial charge in [0.1, 0.15) is 0 Å². The van der Waals surface area contributed by atoms with Gasteiger partial charge in [-0.05, 0) is 38.5 Å². The third kappa shape index (κ3) is 4.53. The second-order valence-electron chi connectivity index (χ2n) is 5.11. The van der Waals surface area contributed by atoms with Gasteiger partial charge < -0.3 is 5.32 Å². The van der Waals surface area contributed by atoms with Gasteiger partial charge in [-0.2, -0.15) is 0 Å². The van der Waals surface area contributed by atoms with Gasteiger partial charge in [-0.1, -0.05) is 25.3 Å². The van der Waals surface area contributed by atoms with E-state index < -0.39 is 0 Å². The average molecular weight is 230 g/mol. The average Bonchev–Trinajstić information content (AvgIpc) is 2.27. The number of hydrogen-bond acceptors (Lipinski definition) is 2. The van der Waals surface area contributed by atoms with Gasteiger partial charge in [-0.25, -0.2) is 0 Å². The second kappa shape index (κ2) is 5.78. The minimum Gasteiger partial charge on any atom is -0.312 e. The summed E-state index contributed by atoms with van der Waals surface area (Å²) in [4.78, 5) is 4.55. The van der Waals surface area contributed by atoms with Crippen LogP contribution in [0.4, 0.5) is 0 Å². The summed E-state index contributed by atoms with van der Waals surface area (Å²) in [5, 5.41) is 3.45. The minimum absolute atomic E-state index is 0.155. The molecule has 1 aromatic rings. The van der Waals surface area contributed by atoms with Crippen molar-refractivity contribution < 1.29 is 0 Å². The third-order valence-corrected chi connectivity index (χ3v) is 2.46. The molecule has 0 aliphatic heterocycles. The summed E-state index contributed by atoms with van der Waals surface area (Å²) < 4.78 is 0. The normalized spacial score (nSPS) is 11.2. The molecule has 92 valence electrons. The summed E-state index contributed by atoms with van der Waals surface area (Å²) in [7, 11) is 0. The van der Waals surface area contributed by atoms with Crippen molar-refractivity contribution in [3.05, 3.63) is 42.2 Å². The first-order chi connectivity index (χ1) is 7.96. The van der Waals surface area contributed by atoms with Crippen molar-refractivity contribution in [3.63, 3.8) is 0 Å².